The van der Waals surface area contributed by atoms with Crippen LogP contribution >= 0.6 is 0 Å². The van der Waals surface area contributed by atoms with E-state index >= 15 is 0 Å². The minimum atomic E-state index is -0.329. The Balaban J connectivity index is 1.58. The topological polar surface area (TPSA) is 63.7 Å². The number of pyridine rings is 1. The number of hydrogen-bond acceptors (Lipinski definition) is 4. The van der Waals surface area contributed by atoms with Crippen LogP contribution in [0.5, 0.6) is 5.88 Å². The zero-order valence-corrected chi connectivity index (χ0v) is 13.9. The molecule has 0 bridgehead atoms. The maximum Gasteiger partial charge on any atom is 0.317 e. The Morgan fingerprint density at radius 3 is 3.04 bits per heavy atom. The van der Waals surface area contributed by atoms with Crippen LogP contribution in [0.4, 0.5) is 9.18 Å². The molecule has 1 aromatic carbocycles. The third-order valence-corrected chi connectivity index (χ3v) is 3.99. The Labute approximate surface area is 145 Å². The lowest BCUT2D eigenvalue weighted by atomic mass is 10.1. The van der Waals surface area contributed by atoms with Crippen molar-refractivity contribution in [3.8, 4) is 5.88 Å². The molecule has 0 spiro atoms. The highest BCUT2D eigenvalue weighted by Crippen LogP contribution is 2.22. The smallest absolute Gasteiger partial charge is 0.317 e. The van der Waals surface area contributed by atoms with Crippen molar-refractivity contribution in [3.63, 3.8) is 0 Å². The summed E-state index contributed by atoms with van der Waals surface area (Å²) in [6.07, 6.45) is -0.329. The van der Waals surface area contributed by atoms with Gasteiger partial charge in [-0.25, -0.2) is 14.2 Å². The number of halogens is 1. The van der Waals surface area contributed by atoms with Gasteiger partial charge in [-0.2, -0.15) is 0 Å². The molecule has 0 saturated carbocycles. The quantitative estimate of drug-likeness (QED) is 0.925. The number of rotatable bonds is 4. The number of urea groups is 1. The van der Waals surface area contributed by atoms with Crippen LogP contribution in [0.15, 0.2) is 42.5 Å². The van der Waals surface area contributed by atoms with Gasteiger partial charge in [0.1, 0.15) is 11.9 Å². The van der Waals surface area contributed by atoms with Gasteiger partial charge in [-0.3, -0.25) is 0 Å². The van der Waals surface area contributed by atoms with Crippen LogP contribution in [0.2, 0.25) is 0 Å². The minimum Gasteiger partial charge on any atom is -0.481 e. The van der Waals surface area contributed by atoms with Crippen molar-refractivity contribution in [2.45, 2.75) is 12.6 Å². The summed E-state index contributed by atoms with van der Waals surface area (Å²) in [7, 11) is 1.55. The summed E-state index contributed by atoms with van der Waals surface area (Å²) in [4.78, 5) is 18.3. The van der Waals surface area contributed by atoms with Crippen LogP contribution in [0.1, 0.15) is 17.4 Å². The number of benzene rings is 1. The fraction of sp³-hybridized carbons (Fsp3) is 0.333. The largest absolute Gasteiger partial charge is 0.481 e. The number of morpholine rings is 1. The molecule has 132 valence electrons. The first kappa shape index (κ1) is 17.2. The van der Waals surface area contributed by atoms with Gasteiger partial charge >= 0.3 is 6.03 Å². The van der Waals surface area contributed by atoms with E-state index in [1.165, 1.54) is 12.1 Å². The third-order valence-electron chi connectivity index (χ3n) is 3.99. The van der Waals surface area contributed by atoms with Gasteiger partial charge in [-0.1, -0.05) is 18.2 Å². The predicted octanol–water partition coefficient (Wildman–Crippen LogP) is 2.51. The van der Waals surface area contributed by atoms with Gasteiger partial charge in [-0.05, 0) is 23.8 Å². The first-order valence-corrected chi connectivity index (χ1v) is 8.05. The highest BCUT2D eigenvalue weighted by Gasteiger charge is 2.25. The van der Waals surface area contributed by atoms with Crippen molar-refractivity contribution in [1.82, 2.24) is 15.2 Å². The Bertz CT molecular complexity index is 741. The summed E-state index contributed by atoms with van der Waals surface area (Å²) in [5.41, 5.74) is 1.44. The van der Waals surface area contributed by atoms with E-state index in [9.17, 15) is 9.18 Å². The van der Waals surface area contributed by atoms with E-state index in [4.69, 9.17) is 9.47 Å². The van der Waals surface area contributed by atoms with Gasteiger partial charge < -0.3 is 19.7 Å². The lowest BCUT2D eigenvalue weighted by Gasteiger charge is -2.33. The van der Waals surface area contributed by atoms with E-state index in [2.05, 4.69) is 10.3 Å². The van der Waals surface area contributed by atoms with E-state index in [-0.39, 0.29) is 18.0 Å². The van der Waals surface area contributed by atoms with Crippen molar-refractivity contribution in [3.05, 3.63) is 59.5 Å². The van der Waals surface area contributed by atoms with Gasteiger partial charge in [0.05, 0.1) is 32.5 Å². The van der Waals surface area contributed by atoms with Crippen molar-refractivity contribution in [2.24, 2.45) is 0 Å². The number of nitrogens with one attached hydrogen (secondary N) is 1. The first-order chi connectivity index (χ1) is 12.2. The molecule has 3 rings (SSSR count). The molecule has 1 aliphatic heterocycles. The number of carbonyl (C=O) groups excluding carboxylic acids is 1. The number of methoxy groups -OCH3 is 1. The van der Waals surface area contributed by atoms with E-state index in [0.29, 0.717) is 37.8 Å². The van der Waals surface area contributed by atoms with Crippen LogP contribution in [0, 0.1) is 5.82 Å². The zero-order chi connectivity index (χ0) is 17.6. The van der Waals surface area contributed by atoms with Gasteiger partial charge in [0, 0.05) is 12.6 Å². The molecule has 0 aliphatic carbocycles. The van der Waals surface area contributed by atoms with Crippen molar-refractivity contribution in [2.75, 3.05) is 26.8 Å². The number of hydrogen-bond donors (Lipinski definition) is 1. The van der Waals surface area contributed by atoms with E-state index in [1.807, 2.05) is 12.1 Å². The fourth-order valence-corrected chi connectivity index (χ4v) is 2.69. The molecule has 25 heavy (non-hydrogen) atoms. The highest BCUT2D eigenvalue weighted by atomic mass is 19.1. The number of carbonyl (C=O) groups is 1. The van der Waals surface area contributed by atoms with Crippen LogP contribution in [-0.4, -0.2) is 42.7 Å². The normalized spacial score (nSPS) is 17.2. The average molecular weight is 345 g/mol. The molecule has 2 amide bonds. The molecule has 1 atom stereocenters. The minimum absolute atomic E-state index is 0.200. The monoisotopic (exact) mass is 345 g/mol. The Morgan fingerprint density at radius 2 is 2.24 bits per heavy atom. The predicted molar refractivity (Wildman–Crippen MR) is 89.7 cm³/mol. The molecule has 2 aromatic rings. The fourth-order valence-electron chi connectivity index (χ4n) is 2.69. The van der Waals surface area contributed by atoms with Crippen LogP contribution in [-0.2, 0) is 11.3 Å². The number of ether oxygens (including phenoxy) is 2. The molecule has 1 fully saturated rings. The van der Waals surface area contributed by atoms with Crippen LogP contribution in [0.3, 0.4) is 0 Å². The second-order valence-corrected chi connectivity index (χ2v) is 5.69. The van der Waals surface area contributed by atoms with E-state index < -0.39 is 0 Å². The molecule has 1 aliphatic rings. The second-order valence-electron chi connectivity index (χ2n) is 5.69. The molecule has 7 heteroatoms. The summed E-state index contributed by atoms with van der Waals surface area (Å²) in [6.45, 7) is 1.58. The average Bonchev–Trinajstić information content (AvgIpc) is 2.66. The van der Waals surface area contributed by atoms with Crippen LogP contribution in [0.25, 0.3) is 0 Å². The summed E-state index contributed by atoms with van der Waals surface area (Å²) in [5, 5.41) is 2.84. The highest BCUT2D eigenvalue weighted by molar-refractivity contribution is 5.74. The van der Waals surface area contributed by atoms with Crippen molar-refractivity contribution < 1.29 is 18.7 Å². The lowest BCUT2D eigenvalue weighted by molar-refractivity contribution is -0.0156. The van der Waals surface area contributed by atoms with Crippen molar-refractivity contribution >= 4 is 6.03 Å². The Hall–Kier alpha value is -2.67. The second kappa shape index (κ2) is 7.94. The summed E-state index contributed by atoms with van der Waals surface area (Å²) >= 11 is 0. The van der Waals surface area contributed by atoms with Gasteiger partial charge in [0.25, 0.3) is 0 Å². The molecule has 1 saturated heterocycles. The summed E-state index contributed by atoms with van der Waals surface area (Å²) in [6, 6.07) is 11.5. The maximum absolute atomic E-state index is 13.4. The third kappa shape index (κ3) is 4.45. The standard InChI is InChI=1S/C18H20FN3O3/c1-24-17-7-3-6-15(21-17)11-20-18(23)22-8-9-25-16(12-22)13-4-2-5-14(19)10-13/h2-7,10,16H,8-9,11-12H2,1H3,(H,20,23)/t16-/m1/s1. The summed E-state index contributed by atoms with van der Waals surface area (Å²) < 4.78 is 24.1. The number of aromatic nitrogens is 1. The molecule has 6 nitrogen and oxygen atoms in total. The molecule has 1 aromatic heterocycles. The van der Waals surface area contributed by atoms with Crippen LogP contribution < -0.4 is 10.1 Å². The SMILES string of the molecule is COc1cccc(CNC(=O)N2CCO[C@@H](c3cccc(F)c3)C2)n1. The van der Waals surface area contributed by atoms with E-state index in [0.717, 1.165) is 5.56 Å². The van der Waals surface area contributed by atoms with Crippen molar-refractivity contribution in [1.29, 1.82) is 0 Å². The van der Waals surface area contributed by atoms with Gasteiger partial charge in [0.15, 0.2) is 0 Å². The Kier molecular flexibility index (Phi) is 5.45. The lowest BCUT2D eigenvalue weighted by Crippen LogP contribution is -2.47. The first-order valence-electron chi connectivity index (χ1n) is 8.05. The molecular weight excluding hydrogens is 325 g/mol. The van der Waals surface area contributed by atoms with Gasteiger partial charge in [0.2, 0.25) is 5.88 Å². The van der Waals surface area contributed by atoms with Gasteiger partial charge in [-0.15, -0.1) is 0 Å². The molecule has 2 heterocycles. The number of amides is 2. The maximum atomic E-state index is 13.4. The number of nitrogens with zero attached hydrogens (tertiary/aromatic N) is 2. The summed E-state index contributed by atoms with van der Waals surface area (Å²) in [5.74, 6) is 0.191. The zero-order valence-electron chi connectivity index (χ0n) is 13.9. The Morgan fingerprint density at radius 1 is 1.40 bits per heavy atom. The van der Waals surface area contributed by atoms with E-state index in [1.54, 1.807) is 30.2 Å². The molecule has 1 N–H and O–H groups in total. The molecule has 0 unspecified atom stereocenters. The molecular formula is C18H20FN3O3. The molecule has 0 radical (unpaired) electrons.